The van der Waals surface area contributed by atoms with Gasteiger partial charge in [-0.25, -0.2) is 0 Å². The first-order valence-electron chi connectivity index (χ1n) is 9.80. The van der Waals surface area contributed by atoms with Gasteiger partial charge in [0.05, 0.1) is 6.54 Å². The maximum atomic E-state index is 12.8. The number of rotatable bonds is 9. The average molecular weight is 410 g/mol. The van der Waals surface area contributed by atoms with Gasteiger partial charge in [-0.3, -0.25) is 19.2 Å². The number of piperidine rings is 1. The molecule has 164 valence electrons. The van der Waals surface area contributed by atoms with Crippen LogP contribution in [0.2, 0.25) is 0 Å². The van der Waals surface area contributed by atoms with Crippen LogP contribution in [0, 0.1) is 0 Å². The summed E-state index contributed by atoms with van der Waals surface area (Å²) in [6.07, 6.45) is 2.64. The van der Waals surface area contributed by atoms with Crippen molar-refractivity contribution in [3.63, 3.8) is 0 Å². The molecule has 0 radical (unpaired) electrons. The van der Waals surface area contributed by atoms with Gasteiger partial charge in [0.1, 0.15) is 6.10 Å². The Balaban J connectivity index is 3.05. The molecule has 2 atom stereocenters. The van der Waals surface area contributed by atoms with Gasteiger partial charge in [-0.15, -0.1) is 6.58 Å². The molecule has 1 heterocycles. The molecule has 0 aromatic heterocycles. The number of nitrogens with one attached hydrogen (secondary N) is 2. The van der Waals surface area contributed by atoms with Crippen LogP contribution >= 0.6 is 0 Å². The zero-order chi connectivity index (χ0) is 22.4. The zero-order valence-electron chi connectivity index (χ0n) is 18.4. The first-order valence-corrected chi connectivity index (χ1v) is 9.80. The predicted molar refractivity (Wildman–Crippen MR) is 111 cm³/mol. The van der Waals surface area contributed by atoms with E-state index in [-0.39, 0.29) is 30.6 Å². The van der Waals surface area contributed by atoms with Crippen LogP contribution in [-0.2, 0) is 24.0 Å². The molecule has 1 aliphatic heterocycles. The van der Waals surface area contributed by atoms with Gasteiger partial charge in [-0.1, -0.05) is 12.7 Å². The quantitative estimate of drug-likeness (QED) is 0.343. The minimum Gasteiger partial charge on any atom is -0.462 e. The maximum absolute atomic E-state index is 12.8. The van der Waals surface area contributed by atoms with E-state index < -0.39 is 23.1 Å². The molecule has 2 amide bonds. The monoisotopic (exact) mass is 409 g/mol. The molecule has 0 aromatic carbocycles. The molecule has 1 aliphatic rings. The highest BCUT2D eigenvalue weighted by atomic mass is 16.7. The lowest BCUT2D eigenvalue weighted by atomic mass is 9.80. The molecule has 8 heteroatoms. The second-order valence-corrected chi connectivity index (χ2v) is 8.64. The van der Waals surface area contributed by atoms with Crippen LogP contribution in [0.15, 0.2) is 25.3 Å². The van der Waals surface area contributed by atoms with E-state index in [0.717, 1.165) is 6.08 Å². The van der Waals surface area contributed by atoms with E-state index >= 15 is 0 Å². The Morgan fingerprint density at radius 3 is 2.17 bits per heavy atom. The number of hydrogen-bond donors (Lipinski definition) is 2. The highest BCUT2D eigenvalue weighted by Gasteiger charge is 2.49. The molecular formula is C21H35N3O5. The van der Waals surface area contributed by atoms with Crippen LogP contribution in [-0.4, -0.2) is 58.7 Å². The molecular weight excluding hydrogens is 374 g/mol. The smallest absolute Gasteiger partial charge is 0.302 e. The Labute approximate surface area is 173 Å². The van der Waals surface area contributed by atoms with E-state index in [2.05, 4.69) is 23.8 Å². The molecule has 1 fully saturated rings. The van der Waals surface area contributed by atoms with Crippen LogP contribution in [0.1, 0.15) is 54.4 Å². The van der Waals surface area contributed by atoms with Gasteiger partial charge in [0.15, 0.2) is 6.10 Å². The molecule has 0 aliphatic carbocycles. The molecule has 2 N–H and O–H groups in total. The van der Waals surface area contributed by atoms with Gasteiger partial charge in [-0.05, 0) is 40.7 Å². The second kappa shape index (κ2) is 10.0. The Morgan fingerprint density at radius 1 is 1.17 bits per heavy atom. The summed E-state index contributed by atoms with van der Waals surface area (Å²) < 4.78 is 5.44. The molecule has 29 heavy (non-hydrogen) atoms. The van der Waals surface area contributed by atoms with Crippen molar-refractivity contribution >= 4 is 17.8 Å². The van der Waals surface area contributed by atoms with Gasteiger partial charge >= 0.3 is 5.97 Å². The fraction of sp³-hybridized carbons (Fsp3) is 0.667. The summed E-state index contributed by atoms with van der Waals surface area (Å²) in [6.45, 7) is 18.1. The summed E-state index contributed by atoms with van der Waals surface area (Å²) in [6, 6.07) is -0.251. The van der Waals surface area contributed by atoms with Crippen molar-refractivity contribution in [3.05, 3.63) is 25.3 Å². The van der Waals surface area contributed by atoms with E-state index in [1.807, 2.05) is 27.7 Å². The van der Waals surface area contributed by atoms with E-state index in [9.17, 15) is 14.4 Å². The van der Waals surface area contributed by atoms with Gasteiger partial charge < -0.3 is 15.4 Å². The van der Waals surface area contributed by atoms with E-state index in [1.165, 1.54) is 6.92 Å². The SMILES string of the molecule is C=CC(=O)NCC(ON1C(C)(C)CC(OC(C)=O)CC1(C)C)C(=O)NC(C)C=C. The summed E-state index contributed by atoms with van der Waals surface area (Å²) in [7, 11) is 0. The van der Waals surface area contributed by atoms with Crippen molar-refractivity contribution in [1.29, 1.82) is 0 Å². The number of esters is 1. The van der Waals surface area contributed by atoms with E-state index in [4.69, 9.17) is 9.57 Å². The number of carbonyl (C=O) groups excluding carboxylic acids is 3. The van der Waals surface area contributed by atoms with Gasteiger partial charge in [0.2, 0.25) is 5.91 Å². The minimum atomic E-state index is -0.954. The van der Waals surface area contributed by atoms with Crippen molar-refractivity contribution in [2.45, 2.75) is 83.7 Å². The number of amides is 2. The van der Waals surface area contributed by atoms with Crippen LogP contribution in [0.3, 0.4) is 0 Å². The largest absolute Gasteiger partial charge is 0.462 e. The molecule has 0 bridgehead atoms. The molecule has 1 saturated heterocycles. The Hall–Kier alpha value is -2.19. The van der Waals surface area contributed by atoms with Gasteiger partial charge in [-0.2, -0.15) is 5.06 Å². The first-order chi connectivity index (χ1) is 13.3. The summed E-state index contributed by atoms with van der Waals surface area (Å²) in [5, 5.41) is 7.20. The van der Waals surface area contributed by atoms with E-state index in [1.54, 1.807) is 18.1 Å². The lowest BCUT2D eigenvalue weighted by molar-refractivity contribution is -0.308. The summed E-state index contributed by atoms with van der Waals surface area (Å²) in [5.41, 5.74) is -1.04. The normalized spacial score (nSPS) is 20.8. The molecule has 0 spiro atoms. The Bertz CT molecular complexity index is 626. The fourth-order valence-electron chi connectivity index (χ4n) is 3.72. The van der Waals surface area contributed by atoms with E-state index in [0.29, 0.717) is 12.8 Å². The minimum absolute atomic E-state index is 0.0173. The number of nitrogens with zero attached hydrogens (tertiary/aromatic N) is 1. The number of hydroxylamine groups is 2. The van der Waals surface area contributed by atoms with Crippen molar-refractivity contribution in [2.24, 2.45) is 0 Å². The molecule has 1 rings (SSSR count). The van der Waals surface area contributed by atoms with Crippen LogP contribution in [0.4, 0.5) is 0 Å². The molecule has 2 unspecified atom stereocenters. The van der Waals surface area contributed by atoms with Crippen molar-refractivity contribution < 1.29 is 24.0 Å². The van der Waals surface area contributed by atoms with Crippen molar-refractivity contribution in [2.75, 3.05) is 6.54 Å². The van der Waals surface area contributed by atoms with Gasteiger partial charge in [0, 0.05) is 36.9 Å². The summed E-state index contributed by atoms with van der Waals surface area (Å²) in [4.78, 5) is 42.0. The van der Waals surface area contributed by atoms with Gasteiger partial charge in [0.25, 0.3) is 5.91 Å². The standard InChI is InChI=1S/C21H35N3O5/c1-9-14(3)23-19(27)17(13-22-18(26)10-2)29-24-20(5,6)11-16(28-15(4)25)12-21(24,7)8/h9-10,14,16-17H,1-2,11-13H2,3-8H3,(H,22,26)(H,23,27). The topological polar surface area (TPSA) is 97.0 Å². The molecule has 0 saturated carbocycles. The van der Waals surface area contributed by atoms with Crippen LogP contribution in [0.25, 0.3) is 0 Å². The maximum Gasteiger partial charge on any atom is 0.302 e. The number of hydrogen-bond acceptors (Lipinski definition) is 6. The highest BCUT2D eigenvalue weighted by molar-refractivity contribution is 5.88. The molecule has 0 aromatic rings. The Kier molecular flexibility index (Phi) is 8.59. The van der Waals surface area contributed by atoms with Crippen LogP contribution in [0.5, 0.6) is 0 Å². The molecule has 8 nitrogen and oxygen atoms in total. The van der Waals surface area contributed by atoms with Crippen LogP contribution < -0.4 is 10.6 Å². The van der Waals surface area contributed by atoms with Crippen molar-refractivity contribution in [1.82, 2.24) is 15.7 Å². The number of ether oxygens (including phenoxy) is 1. The Morgan fingerprint density at radius 2 is 1.72 bits per heavy atom. The third-order valence-electron chi connectivity index (χ3n) is 4.78. The lowest BCUT2D eigenvalue weighted by Gasteiger charge is -2.54. The fourth-order valence-corrected chi connectivity index (χ4v) is 3.72. The zero-order valence-corrected chi connectivity index (χ0v) is 18.4. The van der Waals surface area contributed by atoms with Crippen molar-refractivity contribution in [3.8, 4) is 0 Å². The third kappa shape index (κ3) is 7.29. The third-order valence-corrected chi connectivity index (χ3v) is 4.78. The lowest BCUT2D eigenvalue weighted by Crippen LogP contribution is -2.64. The number of carbonyl (C=O) groups is 3. The summed E-state index contributed by atoms with van der Waals surface area (Å²) >= 11 is 0. The average Bonchev–Trinajstić information content (AvgIpc) is 2.58. The summed E-state index contributed by atoms with van der Waals surface area (Å²) in [5.74, 6) is -1.08. The first kappa shape index (κ1) is 24.8. The predicted octanol–water partition coefficient (Wildman–Crippen LogP) is 1.86. The highest BCUT2D eigenvalue weighted by Crippen LogP contribution is 2.40. The second-order valence-electron chi connectivity index (χ2n) is 8.64.